The van der Waals surface area contributed by atoms with E-state index < -0.39 is 0 Å². The van der Waals surface area contributed by atoms with E-state index in [1.807, 2.05) is 39.0 Å². The fourth-order valence-electron chi connectivity index (χ4n) is 2.21. The van der Waals surface area contributed by atoms with Crippen LogP contribution < -0.4 is 10.6 Å². The normalized spacial score (nSPS) is 10.6. The Labute approximate surface area is 157 Å². The van der Waals surface area contributed by atoms with Crippen LogP contribution in [0.4, 0.5) is 5.69 Å². The van der Waals surface area contributed by atoms with Crippen molar-refractivity contribution < 1.29 is 9.59 Å². The number of carbonyl (C=O) groups is 2. The van der Waals surface area contributed by atoms with Crippen LogP contribution in [-0.2, 0) is 4.79 Å². The van der Waals surface area contributed by atoms with Gasteiger partial charge in [-0.1, -0.05) is 29.8 Å². The Hall–Kier alpha value is -1.98. The van der Waals surface area contributed by atoms with Gasteiger partial charge in [0.2, 0.25) is 5.91 Å². The third-order valence-corrected chi connectivity index (χ3v) is 4.70. The molecule has 0 aliphatic rings. The highest BCUT2D eigenvalue weighted by Gasteiger charge is 2.14. The van der Waals surface area contributed by atoms with Crippen LogP contribution >= 0.6 is 23.4 Å². The van der Waals surface area contributed by atoms with Crippen molar-refractivity contribution in [1.82, 2.24) is 5.32 Å². The van der Waals surface area contributed by atoms with Crippen LogP contribution in [0, 0.1) is 6.92 Å². The van der Waals surface area contributed by atoms with Crippen molar-refractivity contribution in [3.05, 3.63) is 58.6 Å². The Bertz CT molecular complexity index is 778. The van der Waals surface area contributed by atoms with Gasteiger partial charge in [0.05, 0.1) is 11.3 Å². The average Bonchev–Trinajstić information content (AvgIpc) is 2.56. The summed E-state index contributed by atoms with van der Waals surface area (Å²) in [6, 6.07) is 12.7. The SMILES string of the molecule is Cc1ccc(Cl)cc1NC(=O)c1ccccc1SCC(=O)NC(C)C. The first-order chi connectivity index (χ1) is 11.9. The molecule has 0 saturated carbocycles. The Morgan fingerprint density at radius 2 is 1.88 bits per heavy atom. The van der Waals surface area contributed by atoms with Crippen LogP contribution in [0.2, 0.25) is 5.02 Å². The minimum Gasteiger partial charge on any atom is -0.353 e. The number of aryl methyl sites for hydroxylation is 1. The molecule has 0 bridgehead atoms. The van der Waals surface area contributed by atoms with Crippen LogP contribution in [0.1, 0.15) is 29.8 Å². The number of anilines is 1. The molecular formula is C19H21ClN2O2S. The molecule has 0 saturated heterocycles. The molecule has 2 aromatic carbocycles. The third kappa shape index (κ3) is 5.80. The molecule has 0 heterocycles. The van der Waals surface area contributed by atoms with Crippen molar-refractivity contribution in [3.63, 3.8) is 0 Å². The maximum atomic E-state index is 12.7. The highest BCUT2D eigenvalue weighted by molar-refractivity contribution is 8.00. The minimum atomic E-state index is -0.224. The lowest BCUT2D eigenvalue weighted by Gasteiger charge is -2.12. The number of carbonyl (C=O) groups excluding carboxylic acids is 2. The van der Waals surface area contributed by atoms with Gasteiger partial charge in [0, 0.05) is 21.6 Å². The highest BCUT2D eigenvalue weighted by Crippen LogP contribution is 2.25. The molecule has 2 amide bonds. The largest absolute Gasteiger partial charge is 0.353 e. The third-order valence-electron chi connectivity index (χ3n) is 3.39. The Kier molecular flexibility index (Phi) is 6.91. The van der Waals surface area contributed by atoms with Crippen molar-refractivity contribution in [1.29, 1.82) is 0 Å². The molecule has 2 rings (SSSR count). The van der Waals surface area contributed by atoms with Crippen LogP contribution in [0.3, 0.4) is 0 Å². The molecule has 4 nitrogen and oxygen atoms in total. The Morgan fingerprint density at radius 1 is 1.16 bits per heavy atom. The molecule has 0 aromatic heterocycles. The van der Waals surface area contributed by atoms with Gasteiger partial charge in [0.1, 0.15) is 0 Å². The molecule has 2 N–H and O–H groups in total. The van der Waals surface area contributed by atoms with E-state index in [-0.39, 0.29) is 23.6 Å². The van der Waals surface area contributed by atoms with Gasteiger partial charge in [-0.05, 0) is 50.6 Å². The zero-order chi connectivity index (χ0) is 18.4. The maximum absolute atomic E-state index is 12.7. The monoisotopic (exact) mass is 376 g/mol. The maximum Gasteiger partial charge on any atom is 0.256 e. The fourth-order valence-corrected chi connectivity index (χ4v) is 3.24. The van der Waals surface area contributed by atoms with Gasteiger partial charge in [-0.25, -0.2) is 0 Å². The number of nitrogens with one attached hydrogen (secondary N) is 2. The molecule has 0 radical (unpaired) electrons. The predicted molar refractivity (Wildman–Crippen MR) is 105 cm³/mol. The summed E-state index contributed by atoms with van der Waals surface area (Å²) < 4.78 is 0. The quantitative estimate of drug-likeness (QED) is 0.729. The number of hydrogen-bond acceptors (Lipinski definition) is 3. The van der Waals surface area contributed by atoms with Crippen molar-refractivity contribution in [2.75, 3.05) is 11.1 Å². The van der Waals surface area contributed by atoms with Gasteiger partial charge >= 0.3 is 0 Å². The van der Waals surface area contributed by atoms with Crippen molar-refractivity contribution in [3.8, 4) is 0 Å². The lowest BCUT2D eigenvalue weighted by molar-refractivity contribution is -0.119. The number of halogens is 1. The van der Waals surface area contributed by atoms with Crippen LogP contribution in [0.25, 0.3) is 0 Å². The zero-order valence-corrected chi connectivity index (χ0v) is 16.0. The number of hydrogen-bond donors (Lipinski definition) is 2. The van der Waals surface area contributed by atoms with Crippen molar-refractivity contribution in [2.45, 2.75) is 31.7 Å². The number of amides is 2. The molecule has 0 fully saturated rings. The Morgan fingerprint density at radius 3 is 2.60 bits per heavy atom. The second kappa shape index (κ2) is 8.92. The first-order valence-electron chi connectivity index (χ1n) is 7.95. The first kappa shape index (κ1) is 19.3. The van der Waals surface area contributed by atoms with Gasteiger partial charge in [0.25, 0.3) is 5.91 Å². The summed E-state index contributed by atoms with van der Waals surface area (Å²) >= 11 is 7.35. The van der Waals surface area contributed by atoms with E-state index in [0.717, 1.165) is 10.5 Å². The second-order valence-corrected chi connectivity index (χ2v) is 7.37. The molecule has 2 aromatic rings. The summed E-state index contributed by atoms with van der Waals surface area (Å²) in [5.74, 6) is -0.0165. The molecule has 0 aliphatic heterocycles. The summed E-state index contributed by atoms with van der Waals surface area (Å²) in [6.07, 6.45) is 0. The lowest BCUT2D eigenvalue weighted by atomic mass is 10.1. The molecule has 0 atom stereocenters. The summed E-state index contributed by atoms with van der Waals surface area (Å²) in [7, 11) is 0. The molecule has 0 spiro atoms. The lowest BCUT2D eigenvalue weighted by Crippen LogP contribution is -2.31. The van der Waals surface area contributed by atoms with E-state index in [1.54, 1.807) is 24.3 Å². The van der Waals surface area contributed by atoms with Gasteiger partial charge in [-0.3, -0.25) is 9.59 Å². The summed E-state index contributed by atoms with van der Waals surface area (Å²) in [4.78, 5) is 25.2. The van der Waals surface area contributed by atoms with E-state index in [0.29, 0.717) is 16.3 Å². The summed E-state index contributed by atoms with van der Waals surface area (Å²) in [6.45, 7) is 5.73. The van der Waals surface area contributed by atoms with Gasteiger partial charge < -0.3 is 10.6 Å². The van der Waals surface area contributed by atoms with E-state index in [2.05, 4.69) is 10.6 Å². The number of rotatable bonds is 6. The molecule has 6 heteroatoms. The van der Waals surface area contributed by atoms with E-state index in [9.17, 15) is 9.59 Å². The first-order valence-corrected chi connectivity index (χ1v) is 9.32. The van der Waals surface area contributed by atoms with E-state index in [4.69, 9.17) is 11.6 Å². The Balaban J connectivity index is 2.12. The number of thioether (sulfide) groups is 1. The van der Waals surface area contributed by atoms with E-state index in [1.165, 1.54) is 11.8 Å². The van der Waals surface area contributed by atoms with Crippen LogP contribution in [-0.4, -0.2) is 23.6 Å². The molecule has 25 heavy (non-hydrogen) atoms. The van der Waals surface area contributed by atoms with Gasteiger partial charge in [-0.2, -0.15) is 0 Å². The summed E-state index contributed by atoms with van der Waals surface area (Å²) in [5.41, 5.74) is 2.14. The standard InChI is InChI=1S/C19H21ClN2O2S/c1-12(2)21-18(23)11-25-17-7-5-4-6-15(17)19(24)22-16-10-14(20)9-8-13(16)3/h4-10,12H,11H2,1-3H3,(H,21,23)(H,22,24). The van der Waals surface area contributed by atoms with Crippen molar-refractivity contribution in [2.24, 2.45) is 0 Å². The van der Waals surface area contributed by atoms with Crippen LogP contribution in [0.5, 0.6) is 0 Å². The van der Waals surface area contributed by atoms with Gasteiger partial charge in [-0.15, -0.1) is 11.8 Å². The number of benzene rings is 2. The van der Waals surface area contributed by atoms with Crippen LogP contribution in [0.15, 0.2) is 47.4 Å². The minimum absolute atomic E-state index is 0.0547. The molecular weight excluding hydrogens is 356 g/mol. The topological polar surface area (TPSA) is 58.2 Å². The predicted octanol–water partition coefficient (Wildman–Crippen LogP) is 4.52. The molecule has 0 aliphatic carbocycles. The fraction of sp³-hybridized carbons (Fsp3) is 0.263. The molecule has 132 valence electrons. The average molecular weight is 377 g/mol. The van der Waals surface area contributed by atoms with Crippen molar-refractivity contribution >= 4 is 40.9 Å². The molecule has 0 unspecified atom stereocenters. The zero-order valence-electron chi connectivity index (χ0n) is 14.4. The van der Waals surface area contributed by atoms with Gasteiger partial charge in [0.15, 0.2) is 0 Å². The second-order valence-electron chi connectivity index (χ2n) is 5.92. The van der Waals surface area contributed by atoms with E-state index >= 15 is 0 Å². The highest BCUT2D eigenvalue weighted by atomic mass is 35.5. The smallest absolute Gasteiger partial charge is 0.256 e. The summed E-state index contributed by atoms with van der Waals surface area (Å²) in [5, 5.41) is 6.29.